The van der Waals surface area contributed by atoms with Crippen molar-refractivity contribution in [3.63, 3.8) is 0 Å². The lowest BCUT2D eigenvalue weighted by molar-refractivity contribution is 0.0695. The van der Waals surface area contributed by atoms with Crippen LogP contribution in [0.1, 0.15) is 10.4 Å². The van der Waals surface area contributed by atoms with Gasteiger partial charge in [0.05, 0.1) is 11.0 Å². The summed E-state index contributed by atoms with van der Waals surface area (Å²) in [5.41, 5.74) is 0.551. The Morgan fingerprint density at radius 2 is 1.85 bits per heavy atom. The van der Waals surface area contributed by atoms with Crippen LogP contribution < -0.4 is 10.7 Å². The first kappa shape index (κ1) is 16.5. The van der Waals surface area contributed by atoms with Gasteiger partial charge in [-0.3, -0.25) is 14.3 Å². The highest BCUT2D eigenvalue weighted by atomic mass is 16.4. The highest BCUT2D eigenvalue weighted by molar-refractivity contribution is 6.01. The minimum atomic E-state index is -1.39. The van der Waals surface area contributed by atoms with Crippen molar-refractivity contribution in [2.75, 3.05) is 5.32 Å². The van der Waals surface area contributed by atoms with Gasteiger partial charge in [-0.25, -0.2) is 9.59 Å². The van der Waals surface area contributed by atoms with Crippen molar-refractivity contribution < 1.29 is 14.7 Å². The first-order valence-corrected chi connectivity index (χ1v) is 8.08. The summed E-state index contributed by atoms with van der Waals surface area (Å²) in [5, 5.41) is 13.0. The van der Waals surface area contributed by atoms with E-state index in [-0.39, 0.29) is 5.39 Å². The number of benzene rings is 2. The number of amides is 1. The minimum absolute atomic E-state index is 0.162. The average molecular weight is 359 g/mol. The second-order valence-electron chi connectivity index (χ2n) is 5.91. The summed E-state index contributed by atoms with van der Waals surface area (Å²) < 4.78 is 1.13. The van der Waals surface area contributed by atoms with Gasteiger partial charge in [0.2, 0.25) is 5.43 Å². The summed E-state index contributed by atoms with van der Waals surface area (Å²) in [6, 6.07) is 14.7. The van der Waals surface area contributed by atoms with Gasteiger partial charge >= 0.3 is 12.0 Å². The Bertz CT molecular complexity index is 1280. The summed E-state index contributed by atoms with van der Waals surface area (Å²) in [4.78, 5) is 40.7. The number of carbonyl (C=O) groups is 2. The van der Waals surface area contributed by atoms with Crippen molar-refractivity contribution in [1.29, 1.82) is 0 Å². The van der Waals surface area contributed by atoms with Crippen molar-refractivity contribution in [2.24, 2.45) is 0 Å². The first-order chi connectivity index (χ1) is 13.0. The van der Waals surface area contributed by atoms with Crippen molar-refractivity contribution in [3.8, 4) is 0 Å². The molecule has 4 aromatic rings. The topological polar surface area (TPSA) is 101 Å². The van der Waals surface area contributed by atoms with Crippen LogP contribution in [0.5, 0.6) is 0 Å². The van der Waals surface area contributed by atoms with Crippen LogP contribution in [0.25, 0.3) is 21.8 Å². The number of rotatable bonds is 2. The van der Waals surface area contributed by atoms with E-state index in [1.807, 2.05) is 6.07 Å². The maximum Gasteiger partial charge on any atom is 0.341 e. The van der Waals surface area contributed by atoms with Crippen LogP contribution >= 0.6 is 0 Å². The lowest BCUT2D eigenvalue weighted by atomic mass is 10.1. The molecular formula is C20H13N3O4. The quantitative estimate of drug-likeness (QED) is 0.572. The molecule has 7 nitrogen and oxygen atoms in total. The maximum absolute atomic E-state index is 12.8. The largest absolute Gasteiger partial charge is 0.477 e. The number of hydrogen-bond donors (Lipinski definition) is 2. The van der Waals surface area contributed by atoms with E-state index in [0.717, 1.165) is 21.7 Å². The van der Waals surface area contributed by atoms with Gasteiger partial charge in [-0.2, -0.15) is 0 Å². The summed E-state index contributed by atoms with van der Waals surface area (Å²) in [5.74, 6) is -1.39. The number of anilines is 1. The minimum Gasteiger partial charge on any atom is -0.477 e. The second-order valence-corrected chi connectivity index (χ2v) is 5.91. The number of carboxylic acid groups (broad SMARTS) is 1. The molecule has 7 heteroatoms. The molecule has 2 aromatic heterocycles. The molecule has 27 heavy (non-hydrogen) atoms. The summed E-state index contributed by atoms with van der Waals surface area (Å²) in [6.07, 6.45) is 2.73. The summed E-state index contributed by atoms with van der Waals surface area (Å²) in [7, 11) is 0. The van der Waals surface area contributed by atoms with Crippen molar-refractivity contribution in [3.05, 3.63) is 82.8 Å². The molecule has 4 rings (SSSR count). The van der Waals surface area contributed by atoms with Gasteiger partial charge in [-0.1, -0.05) is 18.2 Å². The van der Waals surface area contributed by atoms with E-state index in [0.29, 0.717) is 11.2 Å². The predicted molar refractivity (Wildman–Crippen MR) is 101 cm³/mol. The van der Waals surface area contributed by atoms with Gasteiger partial charge in [0, 0.05) is 28.9 Å². The van der Waals surface area contributed by atoms with E-state index >= 15 is 0 Å². The summed E-state index contributed by atoms with van der Waals surface area (Å²) in [6.45, 7) is 0. The van der Waals surface area contributed by atoms with Crippen molar-refractivity contribution in [2.45, 2.75) is 0 Å². The van der Waals surface area contributed by atoms with E-state index in [1.54, 1.807) is 48.7 Å². The standard InChI is InChI=1S/C20H13N3O4/c24-18-14-5-1-2-6-17(14)23(11-15(18)19(25)26)20(27)22-13-7-8-16-12(10-13)4-3-9-21-16/h1-11H,(H,22,27)(H,25,26). The molecule has 0 aliphatic carbocycles. The number of carbonyl (C=O) groups excluding carboxylic acids is 1. The van der Waals surface area contributed by atoms with Gasteiger partial charge in [0.25, 0.3) is 0 Å². The number of hydrogen-bond acceptors (Lipinski definition) is 4. The second kappa shape index (κ2) is 6.38. The Labute approximate surface area is 152 Å². The fourth-order valence-corrected chi connectivity index (χ4v) is 2.94. The Morgan fingerprint density at radius 1 is 1.04 bits per heavy atom. The Balaban J connectivity index is 1.81. The lowest BCUT2D eigenvalue weighted by Gasteiger charge is -2.12. The molecule has 2 N–H and O–H groups in total. The molecule has 0 saturated heterocycles. The molecule has 2 heterocycles. The number of aromatic carboxylic acids is 1. The molecule has 0 fully saturated rings. The number of nitrogens with zero attached hydrogens (tertiary/aromatic N) is 2. The summed E-state index contributed by atoms with van der Waals surface area (Å²) >= 11 is 0. The molecule has 0 unspecified atom stereocenters. The molecule has 0 aliphatic rings. The molecule has 0 atom stereocenters. The van der Waals surface area contributed by atoms with E-state index in [2.05, 4.69) is 10.3 Å². The van der Waals surface area contributed by atoms with Crippen molar-refractivity contribution in [1.82, 2.24) is 9.55 Å². The van der Waals surface area contributed by atoms with Crippen LogP contribution in [0.15, 0.2) is 71.8 Å². The molecule has 0 aliphatic heterocycles. The van der Waals surface area contributed by atoms with Crippen LogP contribution in [0.4, 0.5) is 10.5 Å². The van der Waals surface area contributed by atoms with Gasteiger partial charge in [0.15, 0.2) is 0 Å². The van der Waals surface area contributed by atoms with Gasteiger partial charge in [0.1, 0.15) is 5.56 Å². The monoisotopic (exact) mass is 359 g/mol. The van der Waals surface area contributed by atoms with Crippen LogP contribution in [0.3, 0.4) is 0 Å². The normalized spacial score (nSPS) is 10.8. The Hall–Kier alpha value is -4.00. The molecule has 1 amide bonds. The third-order valence-corrected chi connectivity index (χ3v) is 4.21. The third-order valence-electron chi connectivity index (χ3n) is 4.21. The number of carboxylic acids is 1. The lowest BCUT2D eigenvalue weighted by Crippen LogP contribution is -2.25. The molecular weight excluding hydrogens is 346 g/mol. The number of aromatic nitrogens is 2. The fraction of sp³-hybridized carbons (Fsp3) is 0. The highest BCUT2D eigenvalue weighted by Crippen LogP contribution is 2.18. The number of fused-ring (bicyclic) bond motifs is 2. The van der Waals surface area contributed by atoms with Gasteiger partial charge in [-0.05, 0) is 36.4 Å². The van der Waals surface area contributed by atoms with E-state index in [4.69, 9.17) is 0 Å². The van der Waals surface area contributed by atoms with E-state index in [1.165, 1.54) is 6.07 Å². The van der Waals surface area contributed by atoms with Gasteiger partial charge < -0.3 is 10.4 Å². The zero-order valence-corrected chi connectivity index (χ0v) is 13.9. The maximum atomic E-state index is 12.8. The number of para-hydroxylation sites is 1. The Morgan fingerprint density at radius 3 is 2.67 bits per heavy atom. The number of nitrogens with one attached hydrogen (secondary N) is 1. The molecule has 0 spiro atoms. The Kier molecular flexibility index (Phi) is 3.89. The van der Waals surface area contributed by atoms with E-state index in [9.17, 15) is 19.5 Å². The van der Waals surface area contributed by atoms with Crippen LogP contribution in [-0.4, -0.2) is 26.7 Å². The van der Waals surface area contributed by atoms with E-state index < -0.39 is 23.0 Å². The molecule has 0 bridgehead atoms. The smallest absolute Gasteiger partial charge is 0.341 e. The fourth-order valence-electron chi connectivity index (χ4n) is 2.94. The zero-order valence-electron chi connectivity index (χ0n) is 13.9. The third kappa shape index (κ3) is 2.91. The van der Waals surface area contributed by atoms with Crippen LogP contribution in [-0.2, 0) is 0 Å². The molecule has 0 radical (unpaired) electrons. The average Bonchev–Trinajstić information content (AvgIpc) is 2.68. The van der Waals surface area contributed by atoms with Crippen LogP contribution in [0, 0.1) is 0 Å². The van der Waals surface area contributed by atoms with Crippen LogP contribution in [0.2, 0.25) is 0 Å². The van der Waals surface area contributed by atoms with Crippen molar-refractivity contribution >= 4 is 39.5 Å². The molecule has 0 saturated carbocycles. The SMILES string of the molecule is O=C(O)c1cn(C(=O)Nc2ccc3ncccc3c2)c2ccccc2c1=O. The van der Waals surface area contributed by atoms with Gasteiger partial charge in [-0.15, -0.1) is 0 Å². The first-order valence-electron chi connectivity index (χ1n) is 8.08. The zero-order chi connectivity index (χ0) is 19.0. The number of pyridine rings is 2. The molecule has 132 valence electrons. The highest BCUT2D eigenvalue weighted by Gasteiger charge is 2.17. The molecule has 2 aromatic carbocycles. The predicted octanol–water partition coefficient (Wildman–Crippen LogP) is 3.33.